The highest BCUT2D eigenvalue weighted by atomic mass is 32.3. The van der Waals surface area contributed by atoms with E-state index in [1.807, 2.05) is 0 Å². The molecule has 4 nitrogen and oxygen atoms in total. The standard InChI is InChI=1S/C9H5F7O4S2/c10-6-3-1-5(2-4-6)7(21(17,18)8(11,12)13)22(19,20)9(14,15)16/h1-4,7H. The molecular weight excluding hydrogens is 369 g/mol. The lowest BCUT2D eigenvalue weighted by molar-refractivity contribution is -0.0472. The molecule has 0 bridgehead atoms. The van der Waals surface area contributed by atoms with Gasteiger partial charge in [0.15, 0.2) is 0 Å². The van der Waals surface area contributed by atoms with Crippen LogP contribution < -0.4 is 0 Å². The zero-order chi connectivity index (χ0) is 17.6. The molecule has 0 atom stereocenters. The van der Waals surface area contributed by atoms with Gasteiger partial charge >= 0.3 is 11.0 Å². The summed E-state index contributed by atoms with van der Waals surface area (Å²) in [5, 5.41) is 0. The fourth-order valence-corrected chi connectivity index (χ4v) is 4.89. The first kappa shape index (κ1) is 18.7. The van der Waals surface area contributed by atoms with E-state index in [9.17, 15) is 47.6 Å². The van der Waals surface area contributed by atoms with Crippen LogP contribution in [0.25, 0.3) is 0 Å². The summed E-state index contributed by atoms with van der Waals surface area (Å²) in [5.41, 5.74) is -13.9. The molecule has 0 amide bonds. The van der Waals surface area contributed by atoms with E-state index in [1.165, 1.54) is 0 Å². The Morgan fingerprint density at radius 1 is 0.727 bits per heavy atom. The first-order chi connectivity index (χ1) is 9.62. The molecule has 1 aromatic rings. The zero-order valence-corrected chi connectivity index (χ0v) is 11.6. The highest BCUT2D eigenvalue weighted by Crippen LogP contribution is 2.44. The van der Waals surface area contributed by atoms with Crippen LogP contribution in [0.2, 0.25) is 0 Å². The molecule has 0 heterocycles. The molecule has 0 unspecified atom stereocenters. The van der Waals surface area contributed by atoms with E-state index in [2.05, 4.69) is 0 Å². The van der Waals surface area contributed by atoms with Gasteiger partial charge in [0.1, 0.15) is 5.82 Å². The maximum Gasteiger partial charge on any atom is 0.499 e. The van der Waals surface area contributed by atoms with Crippen molar-refractivity contribution in [2.24, 2.45) is 0 Å². The summed E-state index contributed by atoms with van der Waals surface area (Å²) in [7, 11) is -13.6. The molecule has 126 valence electrons. The normalized spacial score (nSPS) is 14.4. The Kier molecular flexibility index (Phi) is 4.56. The van der Waals surface area contributed by atoms with Crippen molar-refractivity contribution in [2.45, 2.75) is 15.6 Å². The van der Waals surface area contributed by atoms with Crippen LogP contribution in [0.4, 0.5) is 30.7 Å². The average Bonchev–Trinajstić information content (AvgIpc) is 2.28. The molecule has 0 aromatic heterocycles. The molecule has 0 saturated heterocycles. The monoisotopic (exact) mass is 374 g/mol. The number of alkyl halides is 6. The van der Waals surface area contributed by atoms with E-state index in [0.717, 1.165) is 0 Å². The molecule has 0 N–H and O–H groups in total. The molecular formula is C9H5F7O4S2. The van der Waals surface area contributed by atoms with Gasteiger partial charge in [-0.05, 0) is 17.7 Å². The second kappa shape index (κ2) is 5.37. The van der Waals surface area contributed by atoms with Crippen LogP contribution in [-0.2, 0) is 19.7 Å². The molecule has 0 aliphatic rings. The summed E-state index contributed by atoms with van der Waals surface area (Å²) in [5.74, 6) is -1.11. The van der Waals surface area contributed by atoms with E-state index < -0.39 is 46.7 Å². The van der Waals surface area contributed by atoms with Crippen molar-refractivity contribution >= 4 is 19.7 Å². The summed E-state index contributed by atoms with van der Waals surface area (Å²) >= 11 is 0. The summed E-state index contributed by atoms with van der Waals surface area (Å²) in [6.07, 6.45) is 0. The number of rotatable bonds is 3. The Balaban J connectivity index is 3.73. The van der Waals surface area contributed by atoms with Crippen LogP contribution >= 0.6 is 0 Å². The van der Waals surface area contributed by atoms with Crippen LogP contribution in [-0.4, -0.2) is 27.9 Å². The third-order valence-corrected chi connectivity index (χ3v) is 6.83. The summed E-state index contributed by atoms with van der Waals surface area (Å²) in [6.45, 7) is 0. The molecule has 0 fully saturated rings. The lowest BCUT2D eigenvalue weighted by Gasteiger charge is -2.21. The number of benzene rings is 1. The molecule has 1 rings (SSSR count). The highest BCUT2D eigenvalue weighted by Gasteiger charge is 2.63. The quantitative estimate of drug-likeness (QED) is 0.763. The van der Waals surface area contributed by atoms with Gasteiger partial charge in [-0.1, -0.05) is 12.1 Å². The van der Waals surface area contributed by atoms with Crippen molar-refractivity contribution in [1.82, 2.24) is 0 Å². The Bertz CT molecular complexity index is 701. The lowest BCUT2D eigenvalue weighted by Crippen LogP contribution is -2.39. The number of hydrogen-bond donors (Lipinski definition) is 0. The smallest absolute Gasteiger partial charge is 0.218 e. The van der Waals surface area contributed by atoms with Gasteiger partial charge in [0.25, 0.3) is 19.7 Å². The highest BCUT2D eigenvalue weighted by molar-refractivity contribution is 8.09. The van der Waals surface area contributed by atoms with Gasteiger partial charge in [-0.15, -0.1) is 0 Å². The minimum atomic E-state index is -6.78. The summed E-state index contributed by atoms with van der Waals surface area (Å²) in [4.78, 5) is 0. The Labute approximate surface area is 119 Å². The second-order valence-corrected chi connectivity index (χ2v) is 8.21. The van der Waals surface area contributed by atoms with E-state index in [1.54, 1.807) is 0 Å². The van der Waals surface area contributed by atoms with Crippen molar-refractivity contribution < 1.29 is 47.6 Å². The Morgan fingerprint density at radius 3 is 1.32 bits per heavy atom. The van der Waals surface area contributed by atoms with Gasteiger partial charge in [-0.2, -0.15) is 26.3 Å². The molecule has 1 aromatic carbocycles. The van der Waals surface area contributed by atoms with Crippen LogP contribution in [0.1, 0.15) is 10.1 Å². The zero-order valence-electron chi connectivity index (χ0n) is 9.98. The SMILES string of the molecule is O=S(=O)(C(c1ccc(F)cc1)S(=O)(=O)C(F)(F)F)C(F)(F)F. The first-order valence-corrected chi connectivity index (χ1v) is 8.07. The lowest BCUT2D eigenvalue weighted by atomic mass is 10.2. The van der Waals surface area contributed by atoms with E-state index in [-0.39, 0.29) is 12.1 Å². The molecule has 0 radical (unpaired) electrons. The Hall–Kier alpha value is -1.37. The number of hydrogen-bond acceptors (Lipinski definition) is 4. The van der Waals surface area contributed by atoms with Crippen LogP contribution in [0, 0.1) is 5.82 Å². The van der Waals surface area contributed by atoms with Gasteiger partial charge in [-0.3, -0.25) is 0 Å². The van der Waals surface area contributed by atoms with Crippen LogP contribution in [0.3, 0.4) is 0 Å². The van der Waals surface area contributed by atoms with Gasteiger partial charge in [0, 0.05) is 0 Å². The average molecular weight is 374 g/mol. The maximum atomic E-state index is 12.7. The fraction of sp³-hybridized carbons (Fsp3) is 0.333. The molecule has 0 spiro atoms. The van der Waals surface area contributed by atoms with Gasteiger partial charge in [0.2, 0.25) is 4.58 Å². The minimum absolute atomic E-state index is 0.215. The number of sulfone groups is 2. The number of halogens is 7. The van der Waals surface area contributed by atoms with Crippen molar-refractivity contribution in [2.75, 3.05) is 0 Å². The second-order valence-electron chi connectivity index (χ2n) is 3.86. The first-order valence-electron chi connectivity index (χ1n) is 4.98. The maximum absolute atomic E-state index is 12.7. The predicted molar refractivity (Wildman–Crippen MR) is 59.1 cm³/mol. The van der Waals surface area contributed by atoms with E-state index >= 15 is 0 Å². The third kappa shape index (κ3) is 3.19. The topological polar surface area (TPSA) is 68.3 Å². The molecule has 0 saturated carbocycles. The third-order valence-electron chi connectivity index (χ3n) is 2.35. The van der Waals surface area contributed by atoms with Crippen molar-refractivity contribution in [3.05, 3.63) is 35.6 Å². The molecule has 0 aliphatic heterocycles. The van der Waals surface area contributed by atoms with Gasteiger partial charge < -0.3 is 0 Å². The molecule has 13 heteroatoms. The Morgan fingerprint density at radius 2 is 1.05 bits per heavy atom. The van der Waals surface area contributed by atoms with Crippen molar-refractivity contribution in [1.29, 1.82) is 0 Å². The van der Waals surface area contributed by atoms with Crippen LogP contribution in [0.5, 0.6) is 0 Å². The molecule has 22 heavy (non-hydrogen) atoms. The fourth-order valence-electron chi connectivity index (χ4n) is 1.39. The van der Waals surface area contributed by atoms with Crippen molar-refractivity contribution in [3.63, 3.8) is 0 Å². The summed E-state index contributed by atoms with van der Waals surface area (Å²) < 4.78 is 128. The van der Waals surface area contributed by atoms with Crippen molar-refractivity contribution in [3.8, 4) is 0 Å². The minimum Gasteiger partial charge on any atom is -0.218 e. The largest absolute Gasteiger partial charge is 0.499 e. The summed E-state index contributed by atoms with van der Waals surface area (Å²) in [6, 6.07) is 1.10. The van der Waals surface area contributed by atoms with Gasteiger partial charge in [-0.25, -0.2) is 21.2 Å². The van der Waals surface area contributed by atoms with Crippen LogP contribution in [0.15, 0.2) is 24.3 Å². The van der Waals surface area contributed by atoms with E-state index in [4.69, 9.17) is 0 Å². The van der Waals surface area contributed by atoms with Gasteiger partial charge in [0.05, 0.1) is 0 Å². The van der Waals surface area contributed by atoms with E-state index in [0.29, 0.717) is 12.1 Å². The molecule has 0 aliphatic carbocycles. The predicted octanol–water partition coefficient (Wildman–Crippen LogP) is 2.69.